The van der Waals surface area contributed by atoms with Crippen LogP contribution in [-0.4, -0.2) is 18.8 Å². The van der Waals surface area contributed by atoms with Crippen molar-refractivity contribution in [3.05, 3.63) is 0 Å². The monoisotopic (exact) mass is 318 g/mol. The molecular formula is C10H15BrF4Si. The summed E-state index contributed by atoms with van der Waals surface area (Å²) in [6.07, 6.45) is 0. The van der Waals surface area contributed by atoms with Gasteiger partial charge in [0.15, 0.2) is 0 Å². The van der Waals surface area contributed by atoms with Gasteiger partial charge in [0, 0.05) is 0 Å². The maximum Gasteiger partial charge on any atom is 0.379 e. The molecule has 0 saturated heterocycles. The van der Waals surface area contributed by atoms with Gasteiger partial charge in [-0.25, -0.2) is 0 Å². The zero-order valence-corrected chi connectivity index (χ0v) is 12.1. The Morgan fingerprint density at radius 1 is 1.00 bits per heavy atom. The molecule has 0 nitrogen and oxygen atoms in total. The molecule has 0 fully saturated rings. The molecule has 0 spiro atoms. The number of halogens is 5. The standard InChI is InChI=1S/C10H15BrF4Si/c1-4-16(5-2,6-3)8-7-9(12,13)10(11,14)15/h4-6H2,1-3H3. The second-order valence-corrected chi connectivity index (χ2v) is 9.59. The molecule has 6 heteroatoms. The van der Waals surface area contributed by atoms with E-state index < -0.39 is 18.8 Å². The van der Waals surface area contributed by atoms with Crippen LogP contribution in [-0.2, 0) is 0 Å². The Balaban J connectivity index is 5.10. The second kappa shape index (κ2) is 5.54. The van der Waals surface area contributed by atoms with Gasteiger partial charge in [-0.2, -0.15) is 17.6 Å². The molecule has 0 unspecified atom stereocenters. The van der Waals surface area contributed by atoms with E-state index in [1.807, 2.05) is 20.8 Å². The number of alkyl halides is 5. The largest absolute Gasteiger partial charge is 0.379 e. The molecule has 0 heterocycles. The first-order chi connectivity index (χ1) is 7.14. The van der Waals surface area contributed by atoms with Gasteiger partial charge in [-0.15, -0.1) is 5.54 Å². The lowest BCUT2D eigenvalue weighted by Gasteiger charge is -2.21. The van der Waals surface area contributed by atoms with Crippen LogP contribution in [0.1, 0.15) is 20.8 Å². The van der Waals surface area contributed by atoms with Gasteiger partial charge in [0.1, 0.15) is 8.07 Å². The fourth-order valence-corrected chi connectivity index (χ4v) is 3.85. The van der Waals surface area contributed by atoms with Gasteiger partial charge in [0.25, 0.3) is 0 Å². The molecule has 0 saturated carbocycles. The molecule has 0 aliphatic carbocycles. The molecular weight excluding hydrogens is 304 g/mol. The Bertz CT molecular complexity index is 269. The van der Waals surface area contributed by atoms with Crippen LogP contribution in [0.25, 0.3) is 0 Å². The maximum atomic E-state index is 12.9. The number of hydrogen-bond donors (Lipinski definition) is 0. The van der Waals surface area contributed by atoms with E-state index in [9.17, 15) is 17.6 Å². The van der Waals surface area contributed by atoms with Crippen molar-refractivity contribution in [3.8, 4) is 11.5 Å². The highest BCUT2D eigenvalue weighted by Gasteiger charge is 2.53. The van der Waals surface area contributed by atoms with E-state index in [1.165, 1.54) is 5.92 Å². The van der Waals surface area contributed by atoms with E-state index in [-0.39, 0.29) is 0 Å². The van der Waals surface area contributed by atoms with Crippen LogP contribution >= 0.6 is 15.9 Å². The van der Waals surface area contributed by atoms with Gasteiger partial charge in [0.2, 0.25) is 0 Å². The molecule has 0 bridgehead atoms. The molecule has 0 atom stereocenters. The molecule has 94 valence electrons. The molecule has 0 aromatic carbocycles. The predicted octanol–water partition coefficient (Wildman–Crippen LogP) is 4.66. The summed E-state index contributed by atoms with van der Waals surface area (Å²) < 4.78 is 50.8. The first-order valence-corrected chi connectivity index (χ1v) is 8.54. The average Bonchev–Trinajstić information content (AvgIpc) is 2.19. The minimum Gasteiger partial charge on any atom is -0.185 e. The lowest BCUT2D eigenvalue weighted by Crippen LogP contribution is -2.35. The fourth-order valence-electron chi connectivity index (χ4n) is 1.30. The van der Waals surface area contributed by atoms with Crippen LogP contribution < -0.4 is 0 Å². The zero-order chi connectivity index (χ0) is 13.0. The Hall–Kier alpha value is -0.0231. The summed E-state index contributed by atoms with van der Waals surface area (Å²) in [5.41, 5.74) is 2.46. The molecule has 0 aliphatic heterocycles. The summed E-state index contributed by atoms with van der Waals surface area (Å²) in [5, 5.41) is 0. The van der Waals surface area contributed by atoms with E-state index >= 15 is 0 Å². The van der Waals surface area contributed by atoms with Crippen LogP contribution in [0.3, 0.4) is 0 Å². The number of hydrogen-bond acceptors (Lipinski definition) is 0. The summed E-state index contributed by atoms with van der Waals surface area (Å²) in [4.78, 5) is -4.26. The first kappa shape index (κ1) is 16.0. The molecule has 0 aliphatic rings. The normalized spacial score (nSPS) is 13.2. The molecule has 0 amide bonds. The third kappa shape index (κ3) is 3.77. The van der Waals surface area contributed by atoms with Crippen LogP contribution in [0.2, 0.25) is 18.1 Å². The zero-order valence-electron chi connectivity index (χ0n) is 9.51. The van der Waals surface area contributed by atoms with E-state index in [0.29, 0.717) is 18.1 Å². The van der Waals surface area contributed by atoms with E-state index in [1.54, 1.807) is 15.9 Å². The quantitative estimate of drug-likeness (QED) is 0.306. The van der Waals surface area contributed by atoms with Crippen LogP contribution in [0.4, 0.5) is 17.6 Å². The highest BCUT2D eigenvalue weighted by atomic mass is 79.9. The van der Waals surface area contributed by atoms with E-state index in [4.69, 9.17) is 0 Å². The highest BCUT2D eigenvalue weighted by molar-refractivity contribution is 9.10. The predicted molar refractivity (Wildman–Crippen MR) is 63.8 cm³/mol. The molecule has 0 N–H and O–H groups in total. The Kier molecular flexibility index (Phi) is 5.53. The highest BCUT2D eigenvalue weighted by Crippen LogP contribution is 2.39. The lowest BCUT2D eigenvalue weighted by atomic mass is 10.4. The first-order valence-electron chi connectivity index (χ1n) is 5.13. The molecule has 16 heavy (non-hydrogen) atoms. The SMILES string of the molecule is CC[Si](C#CC(F)(F)C(F)(F)Br)(CC)CC. The van der Waals surface area contributed by atoms with E-state index in [2.05, 4.69) is 5.54 Å². The minimum absolute atomic E-state index is 0.705. The van der Waals surface area contributed by atoms with Crippen molar-refractivity contribution in [1.82, 2.24) is 0 Å². The molecule has 0 rings (SSSR count). The minimum atomic E-state index is -4.30. The second-order valence-electron chi connectivity index (χ2n) is 3.66. The van der Waals surface area contributed by atoms with Crippen molar-refractivity contribution in [3.63, 3.8) is 0 Å². The summed E-state index contributed by atoms with van der Waals surface area (Å²) in [6.45, 7) is 5.62. The third-order valence-corrected chi connectivity index (χ3v) is 8.08. The van der Waals surface area contributed by atoms with Crippen LogP contribution in [0, 0.1) is 11.5 Å². The Labute approximate surface area is 103 Å². The maximum absolute atomic E-state index is 12.9. The Morgan fingerprint density at radius 3 is 1.62 bits per heavy atom. The van der Waals surface area contributed by atoms with Crippen molar-refractivity contribution >= 4 is 24.0 Å². The van der Waals surface area contributed by atoms with Gasteiger partial charge >= 0.3 is 10.8 Å². The van der Waals surface area contributed by atoms with Crippen LogP contribution in [0.5, 0.6) is 0 Å². The van der Waals surface area contributed by atoms with Gasteiger partial charge < -0.3 is 0 Å². The Morgan fingerprint density at radius 2 is 1.38 bits per heavy atom. The summed E-state index contributed by atoms with van der Waals surface area (Å²) in [6, 6.07) is 2.12. The van der Waals surface area contributed by atoms with Crippen molar-refractivity contribution < 1.29 is 17.6 Å². The topological polar surface area (TPSA) is 0 Å². The van der Waals surface area contributed by atoms with Crippen molar-refractivity contribution in [2.75, 3.05) is 0 Å². The molecule has 0 radical (unpaired) electrons. The average molecular weight is 319 g/mol. The fraction of sp³-hybridized carbons (Fsp3) is 0.800. The van der Waals surface area contributed by atoms with Crippen molar-refractivity contribution in [2.24, 2.45) is 0 Å². The number of rotatable bonds is 4. The summed E-state index contributed by atoms with van der Waals surface area (Å²) in [5.74, 6) is -2.83. The molecule has 0 aromatic rings. The smallest absolute Gasteiger partial charge is 0.185 e. The summed E-state index contributed by atoms with van der Waals surface area (Å²) >= 11 is 1.66. The van der Waals surface area contributed by atoms with Gasteiger partial charge in [0.05, 0.1) is 0 Å². The van der Waals surface area contributed by atoms with Crippen molar-refractivity contribution in [1.29, 1.82) is 0 Å². The van der Waals surface area contributed by atoms with Gasteiger partial charge in [-0.1, -0.05) is 20.8 Å². The van der Waals surface area contributed by atoms with Crippen molar-refractivity contribution in [2.45, 2.75) is 49.7 Å². The van der Waals surface area contributed by atoms with Gasteiger partial charge in [-0.3, -0.25) is 0 Å². The molecule has 0 aromatic heterocycles. The third-order valence-electron chi connectivity index (χ3n) is 2.87. The van der Waals surface area contributed by atoms with Crippen LogP contribution in [0.15, 0.2) is 0 Å². The van der Waals surface area contributed by atoms with E-state index in [0.717, 1.165) is 0 Å². The summed E-state index contributed by atoms with van der Waals surface area (Å²) in [7, 11) is -2.10. The van der Waals surface area contributed by atoms with Gasteiger partial charge in [-0.05, 0) is 40.0 Å². The lowest BCUT2D eigenvalue weighted by molar-refractivity contribution is -0.104.